The Hall–Kier alpha value is -3.34. The van der Waals surface area contributed by atoms with E-state index in [0.717, 1.165) is 11.3 Å². The molecule has 1 amide bonds. The molecule has 5 heteroatoms. The zero-order valence-corrected chi connectivity index (χ0v) is 13.8. The van der Waals surface area contributed by atoms with E-state index in [2.05, 4.69) is 10.3 Å². The summed E-state index contributed by atoms with van der Waals surface area (Å²) in [7, 11) is 1.56. The molecule has 1 N–H and O–H groups in total. The van der Waals surface area contributed by atoms with Gasteiger partial charge in [0, 0.05) is 5.56 Å². The molecule has 2 aromatic carbocycles. The van der Waals surface area contributed by atoms with Gasteiger partial charge in [0.05, 0.1) is 24.7 Å². The van der Waals surface area contributed by atoms with E-state index in [1.807, 2.05) is 54.6 Å². The number of nitrogens with zero attached hydrogens (tertiary/aromatic N) is 1. The van der Waals surface area contributed by atoms with E-state index in [4.69, 9.17) is 9.47 Å². The third kappa shape index (κ3) is 4.35. The Labute approximate surface area is 146 Å². The molecule has 1 aromatic heterocycles. The van der Waals surface area contributed by atoms with Gasteiger partial charge in [-0.1, -0.05) is 42.5 Å². The molecule has 0 aliphatic heterocycles. The number of para-hydroxylation sites is 2. The van der Waals surface area contributed by atoms with E-state index in [1.54, 1.807) is 25.4 Å². The first kappa shape index (κ1) is 16.5. The fourth-order valence-electron chi connectivity index (χ4n) is 2.33. The third-order valence-electron chi connectivity index (χ3n) is 3.54. The lowest BCUT2D eigenvalue weighted by molar-refractivity contribution is -0.118. The number of amides is 1. The summed E-state index contributed by atoms with van der Waals surface area (Å²) >= 11 is 0. The fraction of sp³-hybridized carbons (Fsp3) is 0.100. The Balaban J connectivity index is 1.58. The van der Waals surface area contributed by atoms with Gasteiger partial charge in [-0.2, -0.15) is 0 Å². The predicted molar refractivity (Wildman–Crippen MR) is 96.8 cm³/mol. The number of anilines is 1. The molecule has 0 saturated heterocycles. The van der Waals surface area contributed by atoms with Crippen molar-refractivity contribution in [3.05, 3.63) is 72.9 Å². The van der Waals surface area contributed by atoms with Crippen molar-refractivity contribution in [1.82, 2.24) is 4.98 Å². The van der Waals surface area contributed by atoms with Crippen LogP contribution in [-0.4, -0.2) is 24.6 Å². The average Bonchev–Trinajstić information content (AvgIpc) is 2.68. The molecule has 5 nitrogen and oxygen atoms in total. The highest BCUT2D eigenvalue weighted by molar-refractivity contribution is 5.91. The highest BCUT2D eigenvalue weighted by Crippen LogP contribution is 2.25. The number of ether oxygens (including phenoxy) is 2. The second-order valence-electron chi connectivity index (χ2n) is 5.29. The minimum absolute atomic E-state index is 0.110. The van der Waals surface area contributed by atoms with Crippen molar-refractivity contribution in [3.8, 4) is 22.8 Å². The summed E-state index contributed by atoms with van der Waals surface area (Å²) in [5.41, 5.74) is 2.50. The first-order valence-corrected chi connectivity index (χ1v) is 7.83. The first-order chi connectivity index (χ1) is 12.3. The summed E-state index contributed by atoms with van der Waals surface area (Å²) in [4.78, 5) is 16.4. The number of hydrogen-bond acceptors (Lipinski definition) is 4. The molecule has 1 heterocycles. The monoisotopic (exact) mass is 334 g/mol. The van der Waals surface area contributed by atoms with Crippen molar-refractivity contribution in [2.45, 2.75) is 0 Å². The maximum Gasteiger partial charge on any atom is 0.262 e. The van der Waals surface area contributed by atoms with Gasteiger partial charge in [0.25, 0.3) is 5.91 Å². The molecule has 0 fully saturated rings. The molecule has 126 valence electrons. The van der Waals surface area contributed by atoms with Crippen molar-refractivity contribution >= 4 is 11.6 Å². The molecular weight excluding hydrogens is 316 g/mol. The molecule has 3 rings (SSSR count). The minimum atomic E-state index is -0.264. The van der Waals surface area contributed by atoms with Crippen molar-refractivity contribution in [2.24, 2.45) is 0 Å². The van der Waals surface area contributed by atoms with Gasteiger partial charge in [0.2, 0.25) is 0 Å². The summed E-state index contributed by atoms with van der Waals surface area (Å²) in [6, 6.07) is 20.7. The number of nitrogens with one attached hydrogen (secondary N) is 1. The fourth-order valence-corrected chi connectivity index (χ4v) is 2.33. The lowest BCUT2D eigenvalue weighted by Crippen LogP contribution is -2.20. The molecule has 0 radical (unpaired) electrons. The van der Waals surface area contributed by atoms with Crippen molar-refractivity contribution in [3.63, 3.8) is 0 Å². The summed E-state index contributed by atoms with van der Waals surface area (Å²) in [5.74, 6) is 0.849. The van der Waals surface area contributed by atoms with Crippen LogP contribution in [0.3, 0.4) is 0 Å². The van der Waals surface area contributed by atoms with Gasteiger partial charge in [-0.15, -0.1) is 0 Å². The van der Waals surface area contributed by atoms with E-state index in [0.29, 0.717) is 17.2 Å². The molecule has 0 saturated carbocycles. The normalized spacial score (nSPS) is 10.1. The van der Waals surface area contributed by atoms with E-state index < -0.39 is 0 Å². The lowest BCUT2D eigenvalue weighted by Gasteiger charge is -2.10. The SMILES string of the molecule is COc1ccccc1OCC(=O)Nc1ccc(-c2ccccc2)nc1. The van der Waals surface area contributed by atoms with Gasteiger partial charge in [0.1, 0.15) is 0 Å². The maximum atomic E-state index is 12.0. The lowest BCUT2D eigenvalue weighted by atomic mass is 10.1. The number of aromatic nitrogens is 1. The van der Waals surface area contributed by atoms with Gasteiger partial charge in [0.15, 0.2) is 18.1 Å². The quantitative estimate of drug-likeness (QED) is 0.745. The topological polar surface area (TPSA) is 60.5 Å². The minimum Gasteiger partial charge on any atom is -0.493 e. The molecule has 0 aliphatic rings. The van der Waals surface area contributed by atoms with Gasteiger partial charge < -0.3 is 14.8 Å². The van der Waals surface area contributed by atoms with Gasteiger partial charge >= 0.3 is 0 Å². The second-order valence-corrected chi connectivity index (χ2v) is 5.29. The van der Waals surface area contributed by atoms with Crippen LogP contribution in [-0.2, 0) is 4.79 Å². The van der Waals surface area contributed by atoms with Gasteiger partial charge in [-0.3, -0.25) is 9.78 Å². The molecule has 0 unspecified atom stereocenters. The van der Waals surface area contributed by atoms with Crippen molar-refractivity contribution < 1.29 is 14.3 Å². The molecule has 0 atom stereocenters. The Morgan fingerprint density at radius 1 is 0.960 bits per heavy atom. The Kier molecular flexibility index (Phi) is 5.26. The maximum absolute atomic E-state index is 12.0. The van der Waals surface area contributed by atoms with E-state index >= 15 is 0 Å². The Morgan fingerprint density at radius 2 is 1.68 bits per heavy atom. The number of methoxy groups -OCH3 is 1. The summed E-state index contributed by atoms with van der Waals surface area (Å²) in [6.07, 6.45) is 1.63. The number of carbonyl (C=O) groups is 1. The summed E-state index contributed by atoms with van der Waals surface area (Å²) < 4.78 is 10.7. The molecule has 0 aliphatic carbocycles. The number of rotatable bonds is 6. The molecule has 3 aromatic rings. The van der Waals surface area contributed by atoms with Crippen molar-refractivity contribution in [1.29, 1.82) is 0 Å². The van der Waals surface area contributed by atoms with Crippen LogP contribution in [0, 0.1) is 0 Å². The number of pyridine rings is 1. The van der Waals surface area contributed by atoms with E-state index in [-0.39, 0.29) is 12.5 Å². The van der Waals surface area contributed by atoms with Crippen LogP contribution in [0.5, 0.6) is 11.5 Å². The largest absolute Gasteiger partial charge is 0.493 e. The molecular formula is C20H18N2O3. The highest BCUT2D eigenvalue weighted by Gasteiger charge is 2.08. The van der Waals surface area contributed by atoms with Crippen LogP contribution in [0.1, 0.15) is 0 Å². The zero-order valence-electron chi connectivity index (χ0n) is 13.8. The zero-order chi connectivity index (χ0) is 17.5. The van der Waals surface area contributed by atoms with Gasteiger partial charge in [-0.05, 0) is 24.3 Å². The third-order valence-corrected chi connectivity index (χ3v) is 3.54. The van der Waals surface area contributed by atoms with E-state index in [1.165, 1.54) is 0 Å². The predicted octanol–water partition coefficient (Wildman–Crippen LogP) is 3.77. The molecule has 0 spiro atoms. The summed E-state index contributed by atoms with van der Waals surface area (Å²) in [6.45, 7) is -0.110. The number of hydrogen-bond donors (Lipinski definition) is 1. The van der Waals surface area contributed by atoms with Crippen LogP contribution in [0.15, 0.2) is 72.9 Å². The smallest absolute Gasteiger partial charge is 0.262 e. The first-order valence-electron chi connectivity index (χ1n) is 7.83. The van der Waals surface area contributed by atoms with Gasteiger partial charge in [-0.25, -0.2) is 0 Å². The molecule has 25 heavy (non-hydrogen) atoms. The van der Waals surface area contributed by atoms with Crippen molar-refractivity contribution in [2.75, 3.05) is 19.0 Å². The Bertz CT molecular complexity index is 833. The van der Waals surface area contributed by atoms with Crippen LogP contribution in [0.2, 0.25) is 0 Å². The molecule has 0 bridgehead atoms. The van der Waals surface area contributed by atoms with Crippen LogP contribution in [0.25, 0.3) is 11.3 Å². The summed E-state index contributed by atoms with van der Waals surface area (Å²) in [5, 5.41) is 2.76. The van der Waals surface area contributed by atoms with Crippen LogP contribution >= 0.6 is 0 Å². The second kappa shape index (κ2) is 7.97. The average molecular weight is 334 g/mol. The van der Waals surface area contributed by atoms with Crippen LogP contribution in [0.4, 0.5) is 5.69 Å². The number of carbonyl (C=O) groups excluding carboxylic acids is 1. The number of benzene rings is 2. The highest BCUT2D eigenvalue weighted by atomic mass is 16.5. The standard InChI is InChI=1S/C20H18N2O3/c1-24-18-9-5-6-10-19(18)25-14-20(23)22-16-11-12-17(21-13-16)15-7-3-2-4-8-15/h2-13H,14H2,1H3,(H,22,23). The van der Waals surface area contributed by atoms with Crippen LogP contribution < -0.4 is 14.8 Å². The Morgan fingerprint density at radius 3 is 2.36 bits per heavy atom. The van der Waals surface area contributed by atoms with E-state index in [9.17, 15) is 4.79 Å².